The molecule has 0 bridgehead atoms. The van der Waals surface area contributed by atoms with Crippen LogP contribution in [0.1, 0.15) is 55.3 Å². The Labute approximate surface area is 188 Å². The number of allylic oxidation sites excluding steroid dienone is 1. The average molecular weight is 435 g/mol. The molecule has 1 saturated heterocycles. The number of thiophene rings is 1. The highest BCUT2D eigenvalue weighted by Gasteiger charge is 2.31. The highest BCUT2D eigenvalue weighted by atomic mass is 32.1. The zero-order valence-electron chi connectivity index (χ0n) is 18.7. The van der Waals surface area contributed by atoms with Crippen molar-refractivity contribution in [2.24, 2.45) is 0 Å². The van der Waals surface area contributed by atoms with Crippen molar-refractivity contribution in [3.05, 3.63) is 52.6 Å². The Balaban J connectivity index is 1.51. The number of fused-ring (bicyclic) bond motifs is 1. The smallest absolute Gasteiger partial charge is 0.153 e. The third-order valence-electron chi connectivity index (χ3n) is 6.21. The Morgan fingerprint density at radius 3 is 3.00 bits per heavy atom. The minimum atomic E-state index is 0.280. The van der Waals surface area contributed by atoms with Gasteiger partial charge in [-0.1, -0.05) is 19.1 Å². The van der Waals surface area contributed by atoms with Crippen LogP contribution in [0.25, 0.3) is 15.9 Å². The number of nitrogens with one attached hydrogen (secondary N) is 1. The molecule has 162 valence electrons. The summed E-state index contributed by atoms with van der Waals surface area (Å²) in [4.78, 5) is 20.3. The quantitative estimate of drug-likeness (QED) is 0.597. The lowest BCUT2D eigenvalue weighted by molar-refractivity contribution is 0.0851. The molecule has 0 aliphatic carbocycles. The minimum Gasteiger partial charge on any atom is -0.363 e. The number of hydrogen-bond donors (Lipinski definition) is 1. The van der Waals surface area contributed by atoms with Gasteiger partial charge < -0.3 is 9.88 Å². The number of H-pyrrole nitrogens is 1. The Morgan fingerprint density at radius 2 is 2.26 bits per heavy atom. The molecule has 0 amide bonds. The van der Waals surface area contributed by atoms with Gasteiger partial charge in [-0.25, -0.2) is 9.97 Å². The fraction of sp³-hybridized carbons (Fsp3) is 0.458. The van der Waals surface area contributed by atoms with Crippen LogP contribution in [-0.2, 0) is 6.42 Å². The SMILES string of the molecule is C/C=C(\c1ncc(CC#N)[nH]1)N1CCN(C(C)c2ccc3cc(C)sc3n2)CC1CC. The van der Waals surface area contributed by atoms with E-state index in [1.165, 1.54) is 10.3 Å². The van der Waals surface area contributed by atoms with Crippen molar-refractivity contribution in [3.8, 4) is 6.07 Å². The summed E-state index contributed by atoms with van der Waals surface area (Å²) in [6, 6.07) is 9.47. The van der Waals surface area contributed by atoms with E-state index in [0.29, 0.717) is 12.5 Å². The van der Waals surface area contributed by atoms with Crippen molar-refractivity contribution < 1.29 is 0 Å². The number of aromatic amines is 1. The van der Waals surface area contributed by atoms with E-state index in [4.69, 9.17) is 10.2 Å². The predicted octanol–water partition coefficient (Wildman–Crippen LogP) is 4.91. The maximum atomic E-state index is 8.96. The van der Waals surface area contributed by atoms with Crippen molar-refractivity contribution >= 4 is 27.3 Å². The van der Waals surface area contributed by atoms with Crippen LogP contribution in [0.5, 0.6) is 0 Å². The normalized spacial score (nSPS) is 19.0. The van der Waals surface area contributed by atoms with E-state index in [2.05, 4.69) is 77.8 Å². The van der Waals surface area contributed by atoms with E-state index in [1.54, 1.807) is 17.5 Å². The summed E-state index contributed by atoms with van der Waals surface area (Å²) in [6.45, 7) is 11.6. The van der Waals surface area contributed by atoms with Crippen LogP contribution in [0.15, 0.2) is 30.5 Å². The average Bonchev–Trinajstić information content (AvgIpc) is 3.39. The Hall–Kier alpha value is -2.69. The monoisotopic (exact) mass is 434 g/mol. The number of nitriles is 1. The molecule has 1 fully saturated rings. The second kappa shape index (κ2) is 9.21. The van der Waals surface area contributed by atoms with Gasteiger partial charge in [0.15, 0.2) is 5.82 Å². The van der Waals surface area contributed by atoms with Crippen LogP contribution in [0.2, 0.25) is 0 Å². The van der Waals surface area contributed by atoms with Crippen molar-refractivity contribution in [1.82, 2.24) is 24.8 Å². The van der Waals surface area contributed by atoms with Crippen molar-refractivity contribution in [1.29, 1.82) is 5.26 Å². The number of imidazole rings is 1. The number of hydrogen-bond acceptors (Lipinski definition) is 6. The number of pyridine rings is 1. The summed E-state index contributed by atoms with van der Waals surface area (Å²) in [5, 5.41) is 10.2. The van der Waals surface area contributed by atoms with Gasteiger partial charge in [0, 0.05) is 53.9 Å². The molecule has 0 spiro atoms. The van der Waals surface area contributed by atoms with Gasteiger partial charge in [0.2, 0.25) is 0 Å². The zero-order chi connectivity index (χ0) is 22.0. The van der Waals surface area contributed by atoms with Crippen LogP contribution in [0, 0.1) is 18.3 Å². The molecule has 3 aromatic rings. The molecule has 4 heterocycles. The van der Waals surface area contributed by atoms with Crippen molar-refractivity contribution in [3.63, 3.8) is 0 Å². The lowest BCUT2D eigenvalue weighted by atomic mass is 10.0. The third-order valence-corrected chi connectivity index (χ3v) is 7.17. The summed E-state index contributed by atoms with van der Waals surface area (Å²) in [7, 11) is 0. The summed E-state index contributed by atoms with van der Waals surface area (Å²) < 4.78 is 0. The fourth-order valence-corrected chi connectivity index (χ4v) is 5.37. The molecular formula is C24H30N6S. The van der Waals surface area contributed by atoms with E-state index in [9.17, 15) is 0 Å². The molecule has 0 aromatic carbocycles. The van der Waals surface area contributed by atoms with Gasteiger partial charge in [-0.3, -0.25) is 4.90 Å². The number of aryl methyl sites for hydroxylation is 1. The molecule has 0 radical (unpaired) electrons. The molecule has 4 rings (SSSR count). The number of piperazine rings is 1. The van der Waals surface area contributed by atoms with Crippen LogP contribution in [-0.4, -0.2) is 50.4 Å². The number of aromatic nitrogens is 3. The summed E-state index contributed by atoms with van der Waals surface area (Å²) in [5.41, 5.74) is 3.13. The molecule has 31 heavy (non-hydrogen) atoms. The van der Waals surface area contributed by atoms with Gasteiger partial charge in [0.25, 0.3) is 0 Å². The molecule has 2 atom stereocenters. The van der Waals surface area contributed by atoms with Gasteiger partial charge in [0.1, 0.15) is 4.83 Å². The summed E-state index contributed by atoms with van der Waals surface area (Å²) in [6.07, 6.45) is 5.32. The maximum absolute atomic E-state index is 8.96. The molecule has 2 unspecified atom stereocenters. The second-order valence-corrected chi connectivity index (χ2v) is 9.41. The first-order chi connectivity index (χ1) is 15.0. The van der Waals surface area contributed by atoms with E-state index < -0.39 is 0 Å². The molecule has 1 aliphatic heterocycles. The van der Waals surface area contributed by atoms with Crippen LogP contribution >= 0.6 is 11.3 Å². The number of rotatable bonds is 6. The Bertz CT molecular complexity index is 1120. The highest BCUT2D eigenvalue weighted by molar-refractivity contribution is 7.18. The van der Waals surface area contributed by atoms with E-state index in [0.717, 1.165) is 53.8 Å². The van der Waals surface area contributed by atoms with Gasteiger partial charge in [-0.05, 0) is 39.3 Å². The molecule has 3 aromatic heterocycles. The minimum absolute atomic E-state index is 0.280. The topological polar surface area (TPSA) is 71.8 Å². The largest absolute Gasteiger partial charge is 0.363 e. The number of nitrogens with zero attached hydrogens (tertiary/aromatic N) is 5. The Morgan fingerprint density at radius 1 is 1.42 bits per heavy atom. The molecule has 1 aliphatic rings. The van der Waals surface area contributed by atoms with E-state index in [1.807, 2.05) is 0 Å². The first-order valence-electron chi connectivity index (χ1n) is 11.0. The Kier molecular flexibility index (Phi) is 6.40. The van der Waals surface area contributed by atoms with E-state index in [-0.39, 0.29) is 6.04 Å². The lowest BCUT2D eigenvalue weighted by Gasteiger charge is -2.45. The summed E-state index contributed by atoms with van der Waals surface area (Å²) >= 11 is 1.77. The van der Waals surface area contributed by atoms with Crippen LogP contribution in [0.4, 0.5) is 0 Å². The zero-order valence-corrected chi connectivity index (χ0v) is 19.5. The van der Waals surface area contributed by atoms with Crippen LogP contribution in [0.3, 0.4) is 0 Å². The van der Waals surface area contributed by atoms with Gasteiger partial charge in [-0.2, -0.15) is 5.26 Å². The first-order valence-corrected chi connectivity index (χ1v) is 11.8. The maximum Gasteiger partial charge on any atom is 0.153 e. The lowest BCUT2D eigenvalue weighted by Crippen LogP contribution is -2.52. The predicted molar refractivity (Wildman–Crippen MR) is 127 cm³/mol. The highest BCUT2D eigenvalue weighted by Crippen LogP contribution is 2.30. The summed E-state index contributed by atoms with van der Waals surface area (Å²) in [5.74, 6) is 0.855. The standard InChI is InChI=1S/C24H30N6S/c1-5-20-15-29(17(4)21-8-7-18-13-16(3)31-24(18)28-21)11-12-30(20)22(6-2)23-26-14-19(27-23)9-10-25/h6-8,13-14,17,20H,5,9,11-12,15H2,1-4H3,(H,26,27)/b22-6+. The van der Waals surface area contributed by atoms with E-state index >= 15 is 0 Å². The second-order valence-electron chi connectivity index (χ2n) is 8.18. The van der Waals surface area contributed by atoms with Crippen LogP contribution < -0.4 is 0 Å². The first kappa shape index (κ1) is 21.5. The molecular weight excluding hydrogens is 404 g/mol. The molecule has 7 heteroatoms. The van der Waals surface area contributed by atoms with Crippen molar-refractivity contribution in [2.45, 2.75) is 52.6 Å². The fourth-order valence-electron chi connectivity index (χ4n) is 4.48. The molecule has 0 saturated carbocycles. The van der Waals surface area contributed by atoms with Gasteiger partial charge >= 0.3 is 0 Å². The molecule has 1 N–H and O–H groups in total. The van der Waals surface area contributed by atoms with Crippen molar-refractivity contribution in [2.75, 3.05) is 19.6 Å². The van der Waals surface area contributed by atoms with Gasteiger partial charge in [-0.15, -0.1) is 11.3 Å². The molecule has 6 nitrogen and oxygen atoms in total. The third kappa shape index (κ3) is 4.36. The van der Waals surface area contributed by atoms with Gasteiger partial charge in [0.05, 0.1) is 23.9 Å².